The Bertz CT molecular complexity index is 407. The van der Waals surface area contributed by atoms with Crippen molar-refractivity contribution in [1.82, 2.24) is 0 Å². The molecule has 0 bridgehead atoms. The van der Waals surface area contributed by atoms with Gasteiger partial charge in [-0.2, -0.15) is 0 Å². The predicted octanol–water partition coefficient (Wildman–Crippen LogP) is 2.97. The minimum Gasteiger partial charge on any atom is -0.506 e. The number of aliphatic hydroxyl groups is 1. The van der Waals surface area contributed by atoms with Crippen LogP contribution in [0.4, 0.5) is 8.78 Å². The summed E-state index contributed by atoms with van der Waals surface area (Å²) < 4.78 is 27.1. The maximum absolute atomic E-state index is 13.2. The number of aromatic hydroxyl groups is 1. The first kappa shape index (κ1) is 17.1. The molecular formula is C9H10Br2ClF2NO2. The van der Waals surface area contributed by atoms with Crippen LogP contribution in [0.5, 0.6) is 5.75 Å². The number of phenols is 1. The van der Waals surface area contributed by atoms with Crippen LogP contribution >= 0.6 is 44.3 Å². The van der Waals surface area contributed by atoms with Crippen LogP contribution in [-0.2, 0) is 0 Å². The Hall–Kier alpha value is 0.0500. The van der Waals surface area contributed by atoms with Gasteiger partial charge in [0.25, 0.3) is 5.92 Å². The SMILES string of the molecule is Cl.N[C@H](c1cc(Br)cc(Br)c1O)C(F)(F)CO. The van der Waals surface area contributed by atoms with E-state index in [0.717, 1.165) is 0 Å². The number of rotatable bonds is 3. The van der Waals surface area contributed by atoms with Gasteiger partial charge in [-0.15, -0.1) is 12.4 Å². The van der Waals surface area contributed by atoms with Crippen molar-refractivity contribution in [1.29, 1.82) is 0 Å². The number of benzene rings is 1. The molecule has 1 rings (SSSR count). The standard InChI is InChI=1S/C9H9Br2F2NO2.ClH/c10-4-1-5(7(16)6(11)2-4)8(14)9(12,13)3-15;/h1-2,8,15-16H,3,14H2;1H/t8-;/m1./s1. The third-order valence-electron chi connectivity index (χ3n) is 2.06. The van der Waals surface area contributed by atoms with Crippen molar-refractivity contribution in [2.24, 2.45) is 5.73 Å². The quantitative estimate of drug-likeness (QED) is 0.735. The molecule has 1 atom stereocenters. The second-order valence-corrected chi connectivity index (χ2v) is 4.99. The second kappa shape index (κ2) is 6.29. The third-order valence-corrected chi connectivity index (χ3v) is 3.12. The third kappa shape index (κ3) is 3.75. The van der Waals surface area contributed by atoms with Gasteiger partial charge >= 0.3 is 0 Å². The number of nitrogens with two attached hydrogens (primary N) is 1. The van der Waals surface area contributed by atoms with Crippen molar-refractivity contribution in [2.45, 2.75) is 12.0 Å². The molecule has 98 valence electrons. The molecule has 4 N–H and O–H groups in total. The Morgan fingerprint density at radius 3 is 2.35 bits per heavy atom. The molecule has 0 aliphatic carbocycles. The largest absolute Gasteiger partial charge is 0.506 e. The van der Waals surface area contributed by atoms with Crippen molar-refractivity contribution in [3.05, 3.63) is 26.6 Å². The first-order valence-corrected chi connectivity index (χ1v) is 5.80. The van der Waals surface area contributed by atoms with E-state index >= 15 is 0 Å². The van der Waals surface area contributed by atoms with E-state index in [0.29, 0.717) is 4.47 Å². The summed E-state index contributed by atoms with van der Waals surface area (Å²) in [6.45, 7) is -1.38. The summed E-state index contributed by atoms with van der Waals surface area (Å²) in [4.78, 5) is 0. The van der Waals surface area contributed by atoms with Gasteiger partial charge in [0.05, 0.1) is 4.47 Å². The summed E-state index contributed by atoms with van der Waals surface area (Å²) in [7, 11) is 0. The van der Waals surface area contributed by atoms with Crippen LogP contribution in [0, 0.1) is 0 Å². The fraction of sp³-hybridized carbons (Fsp3) is 0.333. The van der Waals surface area contributed by atoms with E-state index in [1.54, 1.807) is 0 Å². The van der Waals surface area contributed by atoms with E-state index in [4.69, 9.17) is 10.8 Å². The van der Waals surface area contributed by atoms with Crippen LogP contribution in [0.25, 0.3) is 0 Å². The van der Waals surface area contributed by atoms with Gasteiger partial charge in [0.1, 0.15) is 18.4 Å². The molecular weight excluding hydrogens is 387 g/mol. The zero-order valence-electron chi connectivity index (χ0n) is 8.33. The molecule has 0 aliphatic heterocycles. The number of phenolic OH excluding ortho intramolecular Hbond substituents is 1. The Balaban J connectivity index is 0.00000256. The summed E-state index contributed by atoms with van der Waals surface area (Å²) >= 11 is 6.11. The van der Waals surface area contributed by atoms with Gasteiger partial charge < -0.3 is 15.9 Å². The van der Waals surface area contributed by atoms with Crippen molar-refractivity contribution < 1.29 is 19.0 Å². The molecule has 8 heteroatoms. The Labute approximate surface area is 120 Å². The Morgan fingerprint density at radius 1 is 1.35 bits per heavy atom. The molecule has 0 aromatic heterocycles. The van der Waals surface area contributed by atoms with Crippen molar-refractivity contribution in [2.75, 3.05) is 6.61 Å². The molecule has 0 saturated carbocycles. The summed E-state index contributed by atoms with van der Waals surface area (Å²) in [5, 5.41) is 18.1. The van der Waals surface area contributed by atoms with E-state index in [9.17, 15) is 13.9 Å². The minimum atomic E-state index is -3.49. The molecule has 0 amide bonds. The van der Waals surface area contributed by atoms with Gasteiger partial charge in [-0.3, -0.25) is 0 Å². The lowest BCUT2D eigenvalue weighted by Gasteiger charge is -2.23. The molecule has 0 heterocycles. The highest BCUT2D eigenvalue weighted by atomic mass is 79.9. The topological polar surface area (TPSA) is 66.5 Å². The van der Waals surface area contributed by atoms with Gasteiger partial charge in [0.2, 0.25) is 0 Å². The summed E-state index contributed by atoms with van der Waals surface area (Å²) in [5.41, 5.74) is 5.17. The van der Waals surface area contributed by atoms with Crippen LogP contribution in [0.2, 0.25) is 0 Å². The molecule has 1 aromatic carbocycles. The molecule has 0 unspecified atom stereocenters. The van der Waals surface area contributed by atoms with E-state index in [1.807, 2.05) is 0 Å². The number of hydrogen-bond donors (Lipinski definition) is 3. The maximum Gasteiger partial charge on any atom is 0.289 e. The van der Waals surface area contributed by atoms with Crippen molar-refractivity contribution >= 4 is 44.3 Å². The van der Waals surface area contributed by atoms with Gasteiger partial charge in [-0.25, -0.2) is 8.78 Å². The Kier molecular flexibility index (Phi) is 6.30. The van der Waals surface area contributed by atoms with Gasteiger partial charge in [0, 0.05) is 10.0 Å². The highest BCUT2D eigenvalue weighted by Crippen LogP contribution is 2.39. The average Bonchev–Trinajstić information content (AvgIpc) is 2.22. The van der Waals surface area contributed by atoms with Crippen molar-refractivity contribution in [3.63, 3.8) is 0 Å². The lowest BCUT2D eigenvalue weighted by Crippen LogP contribution is -2.36. The minimum absolute atomic E-state index is 0. The maximum atomic E-state index is 13.2. The molecule has 3 nitrogen and oxygen atoms in total. The number of halogens is 5. The molecule has 0 fully saturated rings. The zero-order valence-corrected chi connectivity index (χ0v) is 12.3. The van der Waals surface area contributed by atoms with Crippen molar-refractivity contribution in [3.8, 4) is 5.75 Å². The van der Waals surface area contributed by atoms with Crippen LogP contribution in [-0.4, -0.2) is 22.7 Å². The first-order chi connectivity index (χ1) is 7.29. The van der Waals surface area contributed by atoms with E-state index < -0.39 is 18.6 Å². The molecule has 0 spiro atoms. The van der Waals surface area contributed by atoms with E-state index in [1.165, 1.54) is 12.1 Å². The van der Waals surface area contributed by atoms with Gasteiger partial charge in [0.15, 0.2) is 0 Å². The van der Waals surface area contributed by atoms with E-state index in [-0.39, 0.29) is 28.2 Å². The Morgan fingerprint density at radius 2 is 1.88 bits per heavy atom. The summed E-state index contributed by atoms with van der Waals surface area (Å²) in [5.74, 6) is -3.85. The van der Waals surface area contributed by atoms with Crippen LogP contribution < -0.4 is 5.73 Å². The lowest BCUT2D eigenvalue weighted by atomic mass is 10.0. The molecule has 17 heavy (non-hydrogen) atoms. The number of alkyl halides is 2. The fourth-order valence-electron chi connectivity index (χ4n) is 1.15. The number of aliphatic hydroxyl groups excluding tert-OH is 1. The second-order valence-electron chi connectivity index (χ2n) is 3.22. The summed E-state index contributed by atoms with van der Waals surface area (Å²) in [6.07, 6.45) is 0. The van der Waals surface area contributed by atoms with Crippen LogP contribution in [0.15, 0.2) is 21.1 Å². The monoisotopic (exact) mass is 395 g/mol. The fourth-order valence-corrected chi connectivity index (χ4v) is 2.41. The first-order valence-electron chi connectivity index (χ1n) is 4.21. The van der Waals surface area contributed by atoms with E-state index in [2.05, 4.69) is 31.9 Å². The highest BCUT2D eigenvalue weighted by Gasteiger charge is 2.39. The number of hydrogen-bond acceptors (Lipinski definition) is 3. The predicted molar refractivity (Wildman–Crippen MR) is 69.7 cm³/mol. The zero-order chi connectivity index (χ0) is 12.5. The van der Waals surface area contributed by atoms with Gasteiger partial charge in [-0.05, 0) is 28.1 Å². The molecule has 0 saturated heterocycles. The lowest BCUT2D eigenvalue weighted by molar-refractivity contribution is -0.0716. The van der Waals surface area contributed by atoms with Gasteiger partial charge in [-0.1, -0.05) is 15.9 Å². The molecule has 0 aliphatic rings. The molecule has 1 aromatic rings. The van der Waals surface area contributed by atoms with Crippen LogP contribution in [0.3, 0.4) is 0 Å². The smallest absolute Gasteiger partial charge is 0.289 e. The molecule has 0 radical (unpaired) electrons. The van der Waals surface area contributed by atoms with Crippen LogP contribution in [0.1, 0.15) is 11.6 Å². The summed E-state index contributed by atoms with van der Waals surface area (Å²) in [6, 6.07) is 1.02. The average molecular weight is 397 g/mol. The highest BCUT2D eigenvalue weighted by molar-refractivity contribution is 9.11. The normalized spacial score (nSPS) is 13.1.